The summed E-state index contributed by atoms with van der Waals surface area (Å²) in [6.45, 7) is 7.05. The number of fused-ring (bicyclic) bond motifs is 1. The van der Waals surface area contributed by atoms with Crippen molar-refractivity contribution >= 4 is 17.8 Å². The van der Waals surface area contributed by atoms with E-state index in [0.717, 1.165) is 22.4 Å². The molecule has 0 atom stereocenters. The number of nitrogens with zero attached hydrogens (tertiary/aromatic N) is 1. The Kier molecular flexibility index (Phi) is 6.50. The van der Waals surface area contributed by atoms with Crippen LogP contribution in [0.15, 0.2) is 42.5 Å². The van der Waals surface area contributed by atoms with E-state index in [4.69, 9.17) is 4.74 Å². The Morgan fingerprint density at radius 3 is 2.57 bits per heavy atom. The van der Waals surface area contributed by atoms with Gasteiger partial charge in [-0.05, 0) is 68.5 Å². The Labute approximate surface area is 177 Å². The number of benzene rings is 2. The number of rotatable bonds is 4. The van der Waals surface area contributed by atoms with Crippen molar-refractivity contribution in [2.24, 2.45) is 0 Å². The van der Waals surface area contributed by atoms with Crippen LogP contribution in [-0.4, -0.2) is 40.8 Å². The third kappa shape index (κ3) is 5.89. The first-order chi connectivity index (χ1) is 14.2. The Bertz CT molecular complexity index is 904. The van der Waals surface area contributed by atoms with Gasteiger partial charge in [-0.1, -0.05) is 24.3 Å². The molecule has 2 aromatic carbocycles. The maximum atomic E-state index is 12.4. The lowest BCUT2D eigenvalue weighted by Crippen LogP contribution is -2.40. The van der Waals surface area contributed by atoms with E-state index in [0.29, 0.717) is 32.5 Å². The van der Waals surface area contributed by atoms with Crippen LogP contribution in [0.4, 0.5) is 15.3 Å². The van der Waals surface area contributed by atoms with Crippen molar-refractivity contribution in [1.82, 2.24) is 10.2 Å². The second kappa shape index (κ2) is 9.07. The van der Waals surface area contributed by atoms with Gasteiger partial charge in [-0.15, -0.1) is 0 Å². The van der Waals surface area contributed by atoms with Crippen molar-refractivity contribution in [2.45, 2.75) is 45.8 Å². The smallest absolute Gasteiger partial charge is 0.410 e. The molecule has 3 rings (SSSR count). The molecule has 1 aliphatic rings. The lowest BCUT2D eigenvalue weighted by atomic mass is 9.98. The summed E-state index contributed by atoms with van der Waals surface area (Å²) in [6, 6.07) is 12.4. The standard InChI is InChI=1S/C23H29N3O4/c1-23(2,3)30-22(29)26-14-12-19-17(15-26)5-4-6-20(19)25-21(28)24-13-11-16-7-9-18(27)10-8-16/h4-10,27H,11-15H2,1-3H3,(H2,24,25,28). The first-order valence-corrected chi connectivity index (χ1v) is 10.1. The molecular formula is C23H29N3O4. The van der Waals surface area contributed by atoms with Gasteiger partial charge in [0.05, 0.1) is 0 Å². The van der Waals surface area contributed by atoms with E-state index in [2.05, 4.69) is 10.6 Å². The second-order valence-electron chi connectivity index (χ2n) is 8.39. The molecule has 0 radical (unpaired) electrons. The van der Waals surface area contributed by atoms with Gasteiger partial charge in [0.2, 0.25) is 0 Å². The summed E-state index contributed by atoms with van der Waals surface area (Å²) in [5.41, 5.74) is 3.32. The topological polar surface area (TPSA) is 90.9 Å². The number of hydrogen-bond acceptors (Lipinski definition) is 4. The van der Waals surface area contributed by atoms with E-state index in [-0.39, 0.29) is 17.9 Å². The second-order valence-corrected chi connectivity index (χ2v) is 8.39. The maximum Gasteiger partial charge on any atom is 0.410 e. The zero-order chi connectivity index (χ0) is 21.7. The number of anilines is 1. The van der Waals surface area contributed by atoms with Crippen LogP contribution in [0, 0.1) is 0 Å². The van der Waals surface area contributed by atoms with Crippen LogP contribution >= 0.6 is 0 Å². The number of carbonyl (C=O) groups excluding carboxylic acids is 2. The highest BCUT2D eigenvalue weighted by Crippen LogP contribution is 2.27. The Balaban J connectivity index is 1.55. The van der Waals surface area contributed by atoms with Crippen LogP contribution < -0.4 is 10.6 Å². The van der Waals surface area contributed by atoms with Crippen molar-refractivity contribution in [2.75, 3.05) is 18.4 Å². The molecule has 0 bridgehead atoms. The minimum Gasteiger partial charge on any atom is -0.508 e. The number of aromatic hydroxyl groups is 1. The fourth-order valence-electron chi connectivity index (χ4n) is 3.36. The van der Waals surface area contributed by atoms with E-state index in [9.17, 15) is 14.7 Å². The fraction of sp³-hybridized carbons (Fsp3) is 0.391. The number of ether oxygens (including phenoxy) is 1. The minimum absolute atomic E-state index is 0.225. The Hall–Kier alpha value is -3.22. The van der Waals surface area contributed by atoms with Crippen LogP contribution in [0.25, 0.3) is 0 Å². The monoisotopic (exact) mass is 411 g/mol. The number of phenols is 1. The van der Waals surface area contributed by atoms with E-state index in [1.54, 1.807) is 17.0 Å². The predicted octanol–water partition coefficient (Wildman–Crippen LogP) is 4.05. The number of amides is 3. The molecule has 0 fully saturated rings. The van der Waals surface area contributed by atoms with Gasteiger partial charge in [-0.2, -0.15) is 0 Å². The van der Waals surface area contributed by atoms with E-state index in [1.807, 2.05) is 51.1 Å². The lowest BCUT2D eigenvalue weighted by Gasteiger charge is -2.32. The maximum absolute atomic E-state index is 12.4. The number of urea groups is 1. The molecule has 2 aromatic rings. The minimum atomic E-state index is -0.529. The van der Waals surface area contributed by atoms with Gasteiger partial charge < -0.3 is 25.4 Å². The summed E-state index contributed by atoms with van der Waals surface area (Å²) in [4.78, 5) is 26.4. The van der Waals surface area contributed by atoms with E-state index >= 15 is 0 Å². The molecule has 0 saturated heterocycles. The van der Waals surface area contributed by atoms with Crippen LogP contribution in [0.3, 0.4) is 0 Å². The zero-order valence-electron chi connectivity index (χ0n) is 17.7. The van der Waals surface area contributed by atoms with Crippen molar-refractivity contribution in [3.05, 3.63) is 59.2 Å². The molecule has 0 saturated carbocycles. The van der Waals surface area contributed by atoms with Gasteiger partial charge in [0.15, 0.2) is 0 Å². The third-order valence-corrected chi connectivity index (χ3v) is 4.80. The summed E-state index contributed by atoms with van der Waals surface area (Å²) < 4.78 is 5.47. The average Bonchev–Trinajstić information content (AvgIpc) is 2.68. The predicted molar refractivity (Wildman–Crippen MR) is 116 cm³/mol. The first-order valence-electron chi connectivity index (χ1n) is 10.1. The third-order valence-electron chi connectivity index (χ3n) is 4.80. The number of carbonyl (C=O) groups is 2. The van der Waals surface area contributed by atoms with Crippen LogP contribution in [0.2, 0.25) is 0 Å². The molecule has 7 heteroatoms. The summed E-state index contributed by atoms with van der Waals surface area (Å²) in [6.07, 6.45) is 1.00. The Morgan fingerprint density at radius 1 is 1.13 bits per heavy atom. The Morgan fingerprint density at radius 2 is 1.87 bits per heavy atom. The summed E-state index contributed by atoms with van der Waals surface area (Å²) in [5, 5.41) is 15.1. The molecule has 7 nitrogen and oxygen atoms in total. The van der Waals surface area contributed by atoms with E-state index < -0.39 is 5.60 Å². The van der Waals surface area contributed by atoms with Crippen LogP contribution in [-0.2, 0) is 24.1 Å². The normalized spacial score (nSPS) is 13.4. The van der Waals surface area contributed by atoms with Crippen LogP contribution in [0.1, 0.15) is 37.5 Å². The van der Waals surface area contributed by atoms with Gasteiger partial charge in [0.25, 0.3) is 0 Å². The van der Waals surface area contributed by atoms with Crippen molar-refractivity contribution in [3.63, 3.8) is 0 Å². The van der Waals surface area contributed by atoms with Crippen molar-refractivity contribution in [3.8, 4) is 5.75 Å². The number of phenolic OH excluding ortho intramolecular Hbond substituents is 1. The SMILES string of the molecule is CC(C)(C)OC(=O)N1CCc2c(cccc2NC(=O)NCCc2ccc(O)cc2)C1. The van der Waals surface area contributed by atoms with Crippen molar-refractivity contribution in [1.29, 1.82) is 0 Å². The van der Waals surface area contributed by atoms with Crippen molar-refractivity contribution < 1.29 is 19.4 Å². The largest absolute Gasteiger partial charge is 0.508 e. The van der Waals surface area contributed by atoms with E-state index in [1.165, 1.54) is 0 Å². The van der Waals surface area contributed by atoms with Gasteiger partial charge in [0, 0.05) is 25.3 Å². The van der Waals surface area contributed by atoms with Gasteiger partial charge in [0.1, 0.15) is 11.4 Å². The molecule has 160 valence electrons. The number of nitrogens with one attached hydrogen (secondary N) is 2. The first kappa shape index (κ1) is 21.5. The molecule has 0 spiro atoms. The zero-order valence-corrected chi connectivity index (χ0v) is 17.7. The van der Waals surface area contributed by atoms with Crippen LogP contribution in [0.5, 0.6) is 5.75 Å². The highest BCUT2D eigenvalue weighted by Gasteiger charge is 2.26. The number of hydrogen-bond donors (Lipinski definition) is 3. The molecule has 3 N–H and O–H groups in total. The van der Waals surface area contributed by atoms with Gasteiger partial charge in [-0.25, -0.2) is 9.59 Å². The quantitative estimate of drug-likeness (QED) is 0.708. The van der Waals surface area contributed by atoms with Gasteiger partial charge in [-0.3, -0.25) is 0 Å². The molecule has 3 amide bonds. The highest BCUT2D eigenvalue weighted by molar-refractivity contribution is 5.90. The molecule has 30 heavy (non-hydrogen) atoms. The summed E-state index contributed by atoms with van der Waals surface area (Å²) in [5.74, 6) is 0.225. The molecule has 0 aliphatic carbocycles. The molecule has 0 aromatic heterocycles. The molecule has 1 heterocycles. The highest BCUT2D eigenvalue weighted by atomic mass is 16.6. The average molecular weight is 412 g/mol. The lowest BCUT2D eigenvalue weighted by molar-refractivity contribution is 0.0224. The molecule has 0 unspecified atom stereocenters. The molecular weight excluding hydrogens is 382 g/mol. The summed E-state index contributed by atoms with van der Waals surface area (Å²) in [7, 11) is 0. The molecule has 1 aliphatic heterocycles. The van der Waals surface area contributed by atoms with Gasteiger partial charge >= 0.3 is 12.1 Å². The fourth-order valence-corrected chi connectivity index (χ4v) is 3.36. The summed E-state index contributed by atoms with van der Waals surface area (Å²) >= 11 is 0.